The average molecular weight is 755 g/mol. The van der Waals surface area contributed by atoms with Gasteiger partial charge in [0.15, 0.2) is 17.5 Å². The van der Waals surface area contributed by atoms with Crippen LogP contribution in [0.25, 0.3) is 5.32 Å². The zero-order valence-electron chi connectivity index (χ0n) is 30.6. The van der Waals surface area contributed by atoms with Crippen LogP contribution in [0.15, 0.2) is 143 Å². The van der Waals surface area contributed by atoms with Gasteiger partial charge >= 0.3 is 5.90 Å². The second-order valence-electron chi connectivity index (χ2n) is 13.2. The number of ether oxygens (including phenoxy) is 2. The van der Waals surface area contributed by atoms with Gasteiger partial charge in [0, 0.05) is 44.1 Å². The number of carbonyl (C=O) groups is 2. The van der Waals surface area contributed by atoms with Gasteiger partial charge in [-0.25, -0.2) is 10.4 Å². The van der Waals surface area contributed by atoms with Crippen molar-refractivity contribution < 1.29 is 42.8 Å². The highest BCUT2D eigenvalue weighted by Crippen LogP contribution is 2.34. The summed E-state index contributed by atoms with van der Waals surface area (Å²) >= 11 is 0. The van der Waals surface area contributed by atoms with Crippen LogP contribution < -0.4 is 25.2 Å². The van der Waals surface area contributed by atoms with Crippen molar-refractivity contribution in [2.24, 2.45) is 0 Å². The summed E-state index contributed by atoms with van der Waals surface area (Å²) in [5, 5.41) is 11.7. The molecule has 56 heavy (non-hydrogen) atoms. The standard InChI is InChI=1S/C42H38N6O8/c1-47-35-17-9-11-19-37(35)51-25-33(41(47)50)44-40(32-24-30(54-46-32)22-28-15-7-4-8-16-28)55-56-42-34(26-52-38-20-12-10-18-36(38)48(42)2)43-39(49)31-23-29(53-45-31)21-27-13-5-3-6-14-27/h3-20,23-24,33-34H,21-22,25-26H2,1-2H3,(H2-,43,44,45,46,49)/t33-,34-/m0/s1. The molecule has 2 atom stereocenters. The van der Waals surface area contributed by atoms with Crippen molar-refractivity contribution in [3.8, 4) is 11.5 Å². The fourth-order valence-electron chi connectivity index (χ4n) is 6.42. The minimum Gasteiger partial charge on any atom is -0.635 e. The molecular weight excluding hydrogens is 716 g/mol. The zero-order valence-corrected chi connectivity index (χ0v) is 30.6. The van der Waals surface area contributed by atoms with E-state index in [-0.39, 0.29) is 36.6 Å². The maximum Gasteiger partial charge on any atom is 0.412 e. The molecule has 0 spiro atoms. The lowest BCUT2D eigenvalue weighted by Crippen LogP contribution is -2.47. The molecule has 0 fully saturated rings. The van der Waals surface area contributed by atoms with Gasteiger partial charge in [-0.05, 0) is 29.3 Å². The molecule has 14 heteroatoms. The molecule has 2 N–H and O–H groups in total. The molecule has 3 aliphatic rings. The number of nitrogens with one attached hydrogen (secondary N) is 2. The largest absolute Gasteiger partial charge is 0.635 e. The summed E-state index contributed by atoms with van der Waals surface area (Å²) in [6, 6.07) is 33.9. The van der Waals surface area contributed by atoms with Crippen molar-refractivity contribution in [3.05, 3.63) is 167 Å². The molecule has 0 radical (unpaired) electrons. The van der Waals surface area contributed by atoms with Crippen molar-refractivity contribution in [2.45, 2.75) is 24.9 Å². The molecule has 0 unspecified atom stereocenters. The number of hydrogen-bond acceptors (Lipinski definition) is 10. The first-order chi connectivity index (χ1) is 27.4. The Balaban J connectivity index is 1.08. The van der Waals surface area contributed by atoms with E-state index in [0.717, 1.165) is 11.1 Å². The number of amides is 2. The molecule has 14 nitrogen and oxygen atoms in total. The first-order valence-corrected chi connectivity index (χ1v) is 18.0. The topological polar surface area (TPSA) is 151 Å². The quantitative estimate of drug-likeness (QED) is 0.0786. The van der Waals surface area contributed by atoms with E-state index in [9.17, 15) is 9.59 Å². The molecular formula is C42H38N6O8. The van der Waals surface area contributed by atoms with Crippen LogP contribution in [-0.2, 0) is 32.2 Å². The van der Waals surface area contributed by atoms with Gasteiger partial charge < -0.3 is 39.3 Å². The fourth-order valence-corrected chi connectivity index (χ4v) is 6.42. The number of anilines is 1. The van der Waals surface area contributed by atoms with Gasteiger partial charge in [0.2, 0.25) is 11.6 Å². The minimum absolute atomic E-state index is 0.0238. The fraction of sp³-hybridized carbons (Fsp3) is 0.190. The van der Waals surface area contributed by atoms with Crippen molar-refractivity contribution in [1.82, 2.24) is 16.0 Å². The van der Waals surface area contributed by atoms with Crippen LogP contribution in [0.3, 0.4) is 0 Å². The Kier molecular flexibility index (Phi) is 10.2. The molecule has 4 heterocycles. The second-order valence-corrected chi connectivity index (χ2v) is 13.2. The number of benzene rings is 4. The molecule has 8 rings (SSSR count). The highest BCUT2D eigenvalue weighted by atomic mass is 17.2. The average Bonchev–Trinajstić information content (AvgIpc) is 3.85. The number of rotatable bonds is 10. The summed E-state index contributed by atoms with van der Waals surface area (Å²) < 4.78 is 19.4. The lowest BCUT2D eigenvalue weighted by Gasteiger charge is -2.33. The third-order valence-electron chi connectivity index (χ3n) is 9.35. The Hall–Kier alpha value is -7.22. The lowest BCUT2D eigenvalue weighted by molar-refractivity contribution is -0.433. The first-order valence-electron chi connectivity index (χ1n) is 18.0. The monoisotopic (exact) mass is 754 g/mol. The van der Waals surface area contributed by atoms with Gasteiger partial charge in [0.25, 0.3) is 5.91 Å². The molecule has 0 saturated carbocycles. The smallest absolute Gasteiger partial charge is 0.412 e. The third-order valence-corrected chi connectivity index (χ3v) is 9.35. The Morgan fingerprint density at radius 2 is 1.59 bits per heavy atom. The number of carbonyl (C=O) groups excluding carboxylic acids is 2. The number of likely N-dealkylation sites (N-methyl/N-ethyl adjacent to an activating group) is 1. The number of para-hydroxylation sites is 4. The number of fused-ring (bicyclic) bond motifs is 2. The van der Waals surface area contributed by atoms with Gasteiger partial charge in [-0.1, -0.05) is 90.1 Å². The zero-order chi connectivity index (χ0) is 38.4. The summed E-state index contributed by atoms with van der Waals surface area (Å²) in [7, 11) is 3.42. The van der Waals surface area contributed by atoms with Crippen LogP contribution in [0, 0.1) is 0 Å². The molecule has 1 aromatic heterocycles. The van der Waals surface area contributed by atoms with E-state index in [1.165, 1.54) is 4.90 Å². The number of allylic oxidation sites excluding steroid dienone is 2. The predicted octanol–water partition coefficient (Wildman–Crippen LogP) is 5.71. The Morgan fingerprint density at radius 3 is 2.38 bits per heavy atom. The van der Waals surface area contributed by atoms with Crippen LogP contribution >= 0.6 is 0 Å². The van der Waals surface area contributed by atoms with E-state index in [4.69, 9.17) is 33.9 Å². The van der Waals surface area contributed by atoms with Crippen molar-refractivity contribution in [3.63, 3.8) is 0 Å². The summed E-state index contributed by atoms with van der Waals surface area (Å²) in [5.74, 6) is 1.44. The maximum absolute atomic E-state index is 13.8. The highest BCUT2D eigenvalue weighted by molar-refractivity contribution is 6.00. The molecule has 0 bridgehead atoms. The van der Waals surface area contributed by atoms with Crippen molar-refractivity contribution in [2.75, 3.05) is 32.2 Å². The van der Waals surface area contributed by atoms with Gasteiger partial charge in [0.05, 0.1) is 18.0 Å². The van der Waals surface area contributed by atoms with E-state index in [0.29, 0.717) is 52.9 Å². The predicted molar refractivity (Wildman–Crippen MR) is 204 cm³/mol. The van der Waals surface area contributed by atoms with Gasteiger partial charge in [-0.15, -0.1) is 0 Å². The van der Waals surface area contributed by atoms with Crippen LogP contribution in [0.5, 0.6) is 11.5 Å². The van der Waals surface area contributed by atoms with Crippen molar-refractivity contribution >= 4 is 29.1 Å². The van der Waals surface area contributed by atoms with E-state index >= 15 is 0 Å². The molecule has 2 amide bonds. The van der Waals surface area contributed by atoms with Crippen LogP contribution in [0.4, 0.5) is 11.4 Å². The lowest BCUT2D eigenvalue weighted by atomic mass is 10.1. The normalized spacial score (nSPS) is 18.4. The number of hydrogen-bond donors (Lipinski definition) is 2. The Bertz CT molecular complexity index is 2320. The maximum atomic E-state index is 13.8. The summed E-state index contributed by atoms with van der Waals surface area (Å²) in [5.41, 5.74) is 6.56. The molecule has 284 valence electrons. The van der Waals surface area contributed by atoms with Crippen molar-refractivity contribution in [1.29, 1.82) is 0 Å². The van der Waals surface area contributed by atoms with E-state index in [2.05, 4.69) is 16.0 Å². The Morgan fingerprint density at radius 1 is 0.911 bits per heavy atom. The second kappa shape index (κ2) is 16.0. The molecule has 4 aromatic carbocycles. The number of hydroxylamine groups is 1. The van der Waals surface area contributed by atoms with E-state index < -0.39 is 18.0 Å². The molecule has 3 aliphatic heterocycles. The van der Waals surface area contributed by atoms with Crippen LogP contribution in [0.2, 0.25) is 0 Å². The highest BCUT2D eigenvalue weighted by Gasteiger charge is 2.37. The molecule has 0 aliphatic carbocycles. The minimum atomic E-state index is -1.03. The molecule has 0 saturated heterocycles. The number of aromatic nitrogens is 1. The van der Waals surface area contributed by atoms with Gasteiger partial charge in [0.1, 0.15) is 36.8 Å². The number of nitrogens with zero attached hydrogens (tertiary/aromatic N) is 4. The van der Waals surface area contributed by atoms with Gasteiger partial charge in [-0.2, -0.15) is 4.58 Å². The summed E-state index contributed by atoms with van der Waals surface area (Å²) in [6.45, 7) is -0.0911. The summed E-state index contributed by atoms with van der Waals surface area (Å²) in [4.78, 5) is 47.0. The van der Waals surface area contributed by atoms with E-state index in [1.54, 1.807) is 42.9 Å². The summed E-state index contributed by atoms with van der Waals surface area (Å²) in [6.07, 6.45) is 2.68. The first kappa shape index (κ1) is 35.8. The van der Waals surface area contributed by atoms with Crippen LogP contribution in [-0.4, -0.2) is 66.8 Å². The third kappa shape index (κ3) is 7.85. The van der Waals surface area contributed by atoms with E-state index in [1.807, 2.05) is 97.1 Å². The Labute approximate surface area is 322 Å². The van der Waals surface area contributed by atoms with Crippen LogP contribution in [0.1, 0.15) is 27.4 Å². The SMILES string of the molecule is CN1C(=O)[C@@H]([N-]C(OOC2=[N+](C)c3ccccc3OC[C@@H]2NC(=O)c2cc(Cc3ccccc3)on2)=C2C=C(Cc3ccccc3)ON2)COc2ccccc21. The van der Waals surface area contributed by atoms with Gasteiger partial charge in [-0.3, -0.25) is 9.59 Å². The molecule has 5 aromatic rings.